The molecule has 1 unspecified atom stereocenters. The maximum absolute atomic E-state index is 12.7. The quantitative estimate of drug-likeness (QED) is 0.770. The fraction of sp³-hybridized carbons (Fsp3) is 0.538. The van der Waals surface area contributed by atoms with E-state index < -0.39 is 9.84 Å². The lowest BCUT2D eigenvalue weighted by Gasteiger charge is -2.13. The van der Waals surface area contributed by atoms with Crippen molar-refractivity contribution in [2.75, 3.05) is 18.6 Å². The van der Waals surface area contributed by atoms with Crippen LogP contribution >= 0.6 is 0 Å². The van der Waals surface area contributed by atoms with Crippen molar-refractivity contribution in [1.82, 2.24) is 5.32 Å². The van der Waals surface area contributed by atoms with Crippen molar-refractivity contribution in [3.63, 3.8) is 0 Å². The molecule has 1 atom stereocenters. The monoisotopic (exact) mass is 273 g/mol. The zero-order valence-electron chi connectivity index (χ0n) is 10.8. The molecule has 0 spiro atoms. The van der Waals surface area contributed by atoms with Gasteiger partial charge in [0.2, 0.25) is 0 Å². The van der Waals surface area contributed by atoms with Crippen LogP contribution in [-0.4, -0.2) is 33.0 Å². The van der Waals surface area contributed by atoms with E-state index in [4.69, 9.17) is 0 Å². The number of hydrogen-bond acceptors (Lipinski definition) is 3. The smallest absolute Gasteiger partial charge is 0.147 e. The maximum atomic E-state index is 12.7. The van der Waals surface area contributed by atoms with Gasteiger partial charge in [0, 0.05) is 12.3 Å². The van der Waals surface area contributed by atoms with Gasteiger partial charge in [0.05, 0.1) is 5.75 Å². The third-order valence-corrected chi connectivity index (χ3v) is 3.67. The van der Waals surface area contributed by atoms with E-state index in [2.05, 4.69) is 5.32 Å². The Bertz CT molecular complexity index is 456. The molecule has 0 bridgehead atoms. The second-order valence-corrected chi connectivity index (χ2v) is 6.93. The summed E-state index contributed by atoms with van der Waals surface area (Å²) in [6.07, 6.45) is 2.67. The van der Waals surface area contributed by atoms with Crippen LogP contribution in [0.25, 0.3) is 0 Å². The maximum Gasteiger partial charge on any atom is 0.147 e. The average molecular weight is 273 g/mol. The number of benzene rings is 1. The van der Waals surface area contributed by atoms with Crippen LogP contribution in [-0.2, 0) is 16.3 Å². The minimum Gasteiger partial charge on any atom is -0.314 e. The molecule has 0 heterocycles. The molecule has 0 radical (unpaired) electrons. The van der Waals surface area contributed by atoms with Crippen LogP contribution < -0.4 is 5.32 Å². The van der Waals surface area contributed by atoms with E-state index in [0.717, 1.165) is 12.0 Å². The minimum atomic E-state index is -2.87. The molecular formula is C13H20FNO2S. The molecule has 1 N–H and O–H groups in total. The molecular weight excluding hydrogens is 253 g/mol. The summed E-state index contributed by atoms with van der Waals surface area (Å²) in [7, 11) is -2.87. The predicted octanol–water partition coefficient (Wildman–Crippen LogP) is 1.78. The standard InChI is InChI=1S/C13H20FNO2S/c1-11(15-8-3-9-18(2,16)17)10-12-4-6-13(14)7-5-12/h4-7,11,15H,3,8-10H2,1-2H3. The van der Waals surface area contributed by atoms with Crippen molar-refractivity contribution in [2.24, 2.45) is 0 Å². The van der Waals surface area contributed by atoms with E-state index in [1.807, 2.05) is 6.92 Å². The van der Waals surface area contributed by atoms with E-state index in [9.17, 15) is 12.8 Å². The number of sulfone groups is 1. The normalized spacial score (nSPS) is 13.5. The highest BCUT2D eigenvalue weighted by Gasteiger charge is 2.05. The van der Waals surface area contributed by atoms with Crippen LogP contribution in [0.15, 0.2) is 24.3 Å². The molecule has 0 saturated heterocycles. The lowest BCUT2D eigenvalue weighted by Crippen LogP contribution is -2.29. The van der Waals surface area contributed by atoms with Crippen LogP contribution in [0.3, 0.4) is 0 Å². The highest BCUT2D eigenvalue weighted by Crippen LogP contribution is 2.05. The summed E-state index contributed by atoms with van der Waals surface area (Å²) in [5.74, 6) is -0.0176. The van der Waals surface area contributed by atoms with Gasteiger partial charge in [0.15, 0.2) is 0 Å². The van der Waals surface area contributed by atoms with Gasteiger partial charge in [-0.05, 0) is 44.0 Å². The summed E-state index contributed by atoms with van der Waals surface area (Å²) in [5, 5.41) is 3.26. The first-order valence-electron chi connectivity index (χ1n) is 6.02. The molecule has 3 nitrogen and oxygen atoms in total. The Kier molecular flexibility index (Phi) is 5.75. The summed E-state index contributed by atoms with van der Waals surface area (Å²) < 4.78 is 34.6. The molecule has 0 aliphatic heterocycles. The summed E-state index contributed by atoms with van der Waals surface area (Å²) in [5.41, 5.74) is 1.07. The lowest BCUT2D eigenvalue weighted by atomic mass is 10.1. The topological polar surface area (TPSA) is 46.2 Å². The van der Waals surface area contributed by atoms with E-state index >= 15 is 0 Å². The van der Waals surface area contributed by atoms with Gasteiger partial charge < -0.3 is 5.32 Å². The Balaban J connectivity index is 2.25. The molecule has 0 aliphatic rings. The highest BCUT2D eigenvalue weighted by atomic mass is 32.2. The van der Waals surface area contributed by atoms with Crippen molar-refractivity contribution in [3.05, 3.63) is 35.6 Å². The SMILES string of the molecule is CC(Cc1ccc(F)cc1)NCCCS(C)(=O)=O. The number of nitrogens with one attached hydrogen (secondary N) is 1. The van der Waals surface area contributed by atoms with Gasteiger partial charge in [-0.25, -0.2) is 12.8 Å². The third-order valence-electron chi connectivity index (χ3n) is 2.64. The predicted molar refractivity (Wildman–Crippen MR) is 71.9 cm³/mol. The average Bonchev–Trinajstić information content (AvgIpc) is 2.26. The largest absolute Gasteiger partial charge is 0.314 e. The van der Waals surface area contributed by atoms with Crippen LogP contribution in [0.1, 0.15) is 18.9 Å². The zero-order valence-corrected chi connectivity index (χ0v) is 11.6. The molecule has 0 aromatic heterocycles. The molecule has 18 heavy (non-hydrogen) atoms. The van der Waals surface area contributed by atoms with Crippen LogP contribution in [0, 0.1) is 5.82 Å². The van der Waals surface area contributed by atoms with Gasteiger partial charge in [-0.15, -0.1) is 0 Å². The van der Waals surface area contributed by atoms with Crippen LogP contribution in [0.2, 0.25) is 0 Å². The Hall–Kier alpha value is -0.940. The Morgan fingerprint density at radius 3 is 2.44 bits per heavy atom. The lowest BCUT2D eigenvalue weighted by molar-refractivity contribution is 0.539. The first kappa shape index (κ1) is 15.1. The molecule has 0 aliphatic carbocycles. The Labute approximate surface area is 108 Å². The van der Waals surface area contributed by atoms with E-state index in [-0.39, 0.29) is 17.6 Å². The van der Waals surface area contributed by atoms with Gasteiger partial charge in [-0.2, -0.15) is 0 Å². The third kappa shape index (κ3) is 6.71. The number of rotatable bonds is 7. The summed E-state index contributed by atoms with van der Waals surface area (Å²) in [6, 6.07) is 6.68. The summed E-state index contributed by atoms with van der Waals surface area (Å²) in [6.45, 7) is 2.71. The second-order valence-electron chi connectivity index (χ2n) is 4.67. The van der Waals surface area contributed by atoms with Gasteiger partial charge in [-0.1, -0.05) is 12.1 Å². The first-order chi connectivity index (χ1) is 8.37. The second kappa shape index (κ2) is 6.85. The zero-order chi connectivity index (χ0) is 13.6. The number of halogens is 1. The van der Waals surface area contributed by atoms with E-state index in [1.54, 1.807) is 12.1 Å². The fourth-order valence-corrected chi connectivity index (χ4v) is 2.40. The van der Waals surface area contributed by atoms with Crippen molar-refractivity contribution in [2.45, 2.75) is 25.8 Å². The molecule has 0 fully saturated rings. The Morgan fingerprint density at radius 2 is 1.89 bits per heavy atom. The van der Waals surface area contributed by atoms with E-state index in [1.165, 1.54) is 18.4 Å². The first-order valence-corrected chi connectivity index (χ1v) is 8.08. The van der Waals surface area contributed by atoms with E-state index in [0.29, 0.717) is 13.0 Å². The van der Waals surface area contributed by atoms with Crippen molar-refractivity contribution < 1.29 is 12.8 Å². The van der Waals surface area contributed by atoms with Crippen LogP contribution in [0.5, 0.6) is 0 Å². The van der Waals surface area contributed by atoms with Gasteiger partial charge in [0.25, 0.3) is 0 Å². The van der Waals surface area contributed by atoms with Crippen molar-refractivity contribution in [3.8, 4) is 0 Å². The fourth-order valence-electron chi connectivity index (χ4n) is 1.73. The molecule has 1 rings (SSSR count). The Morgan fingerprint density at radius 1 is 1.28 bits per heavy atom. The summed E-state index contributed by atoms with van der Waals surface area (Å²) in [4.78, 5) is 0. The molecule has 1 aromatic carbocycles. The van der Waals surface area contributed by atoms with Gasteiger partial charge >= 0.3 is 0 Å². The molecule has 102 valence electrons. The minimum absolute atomic E-state index is 0.212. The van der Waals surface area contributed by atoms with Gasteiger partial charge in [0.1, 0.15) is 15.7 Å². The number of hydrogen-bond donors (Lipinski definition) is 1. The van der Waals surface area contributed by atoms with Gasteiger partial charge in [-0.3, -0.25) is 0 Å². The molecule has 5 heteroatoms. The highest BCUT2D eigenvalue weighted by molar-refractivity contribution is 7.90. The molecule has 0 amide bonds. The van der Waals surface area contributed by atoms with Crippen molar-refractivity contribution in [1.29, 1.82) is 0 Å². The molecule has 1 aromatic rings. The van der Waals surface area contributed by atoms with Crippen molar-refractivity contribution >= 4 is 9.84 Å². The summed E-state index contributed by atoms with van der Waals surface area (Å²) >= 11 is 0. The molecule has 0 saturated carbocycles. The van der Waals surface area contributed by atoms with Crippen LogP contribution in [0.4, 0.5) is 4.39 Å².